The molecule has 1 aromatic carbocycles. The minimum Gasteiger partial charge on any atom is -0.466 e. The molecule has 0 unspecified atom stereocenters. The van der Waals surface area contributed by atoms with Crippen LogP contribution in [0.3, 0.4) is 0 Å². The Hall–Kier alpha value is -2.32. The molecule has 0 bridgehead atoms. The summed E-state index contributed by atoms with van der Waals surface area (Å²) >= 11 is 5.97. The first-order chi connectivity index (χ1) is 13.0. The van der Waals surface area contributed by atoms with Gasteiger partial charge in [0.25, 0.3) is 0 Å². The van der Waals surface area contributed by atoms with Gasteiger partial charge in [-0.3, -0.25) is 9.69 Å². The molecule has 1 aromatic heterocycles. The molecule has 0 atom stereocenters. The molecule has 1 saturated heterocycles. The molecule has 27 heavy (non-hydrogen) atoms. The van der Waals surface area contributed by atoms with Crippen molar-refractivity contribution < 1.29 is 18.7 Å². The molecule has 1 N–H and O–H groups in total. The van der Waals surface area contributed by atoms with Crippen molar-refractivity contribution in [1.29, 1.82) is 0 Å². The van der Waals surface area contributed by atoms with Gasteiger partial charge in [-0.2, -0.15) is 0 Å². The lowest BCUT2D eigenvalue weighted by molar-refractivity contribution is -0.142. The maximum Gasteiger partial charge on any atom is 0.317 e. The molecule has 1 fully saturated rings. The van der Waals surface area contributed by atoms with Crippen LogP contribution in [-0.2, 0) is 16.1 Å². The van der Waals surface area contributed by atoms with Gasteiger partial charge >= 0.3 is 12.0 Å². The van der Waals surface area contributed by atoms with Crippen molar-refractivity contribution in [2.24, 2.45) is 0 Å². The number of carbonyl (C=O) groups excluding carboxylic acids is 2. The molecule has 3 rings (SSSR count). The molecule has 146 valence electrons. The first kappa shape index (κ1) is 19.4. The predicted molar refractivity (Wildman–Crippen MR) is 101 cm³/mol. The minimum absolute atomic E-state index is 0.157. The van der Waals surface area contributed by atoms with Gasteiger partial charge < -0.3 is 19.4 Å². The Morgan fingerprint density at radius 2 is 2.07 bits per heavy atom. The zero-order valence-corrected chi connectivity index (χ0v) is 16.0. The number of urea groups is 1. The third-order valence-electron chi connectivity index (χ3n) is 4.32. The van der Waals surface area contributed by atoms with Crippen LogP contribution in [0.5, 0.6) is 0 Å². The highest BCUT2D eigenvalue weighted by molar-refractivity contribution is 6.31. The van der Waals surface area contributed by atoms with Crippen LogP contribution in [0.15, 0.2) is 22.6 Å². The van der Waals surface area contributed by atoms with Gasteiger partial charge in [0.05, 0.1) is 19.6 Å². The molecule has 0 aliphatic carbocycles. The molecule has 2 aromatic rings. The van der Waals surface area contributed by atoms with Crippen LogP contribution in [0, 0.1) is 0 Å². The average Bonchev–Trinajstić information content (AvgIpc) is 3.03. The van der Waals surface area contributed by atoms with Crippen molar-refractivity contribution in [2.45, 2.75) is 19.9 Å². The number of fused-ring (bicyclic) bond motifs is 1. The molecular formula is C18H23ClN4O4. The van der Waals surface area contributed by atoms with Gasteiger partial charge in [0.2, 0.25) is 5.89 Å². The highest BCUT2D eigenvalue weighted by Crippen LogP contribution is 2.21. The fraction of sp³-hybridized carbons (Fsp3) is 0.500. The third kappa shape index (κ3) is 5.33. The number of aromatic nitrogens is 1. The second-order valence-corrected chi connectivity index (χ2v) is 6.71. The predicted octanol–water partition coefficient (Wildman–Crippen LogP) is 2.26. The fourth-order valence-corrected chi connectivity index (χ4v) is 3.10. The van der Waals surface area contributed by atoms with Crippen molar-refractivity contribution >= 4 is 34.7 Å². The van der Waals surface area contributed by atoms with Gasteiger partial charge in [-0.05, 0) is 25.1 Å². The monoisotopic (exact) mass is 394 g/mol. The highest BCUT2D eigenvalue weighted by Gasteiger charge is 2.22. The second-order valence-electron chi connectivity index (χ2n) is 6.27. The largest absolute Gasteiger partial charge is 0.466 e. The van der Waals surface area contributed by atoms with Crippen LogP contribution in [0.1, 0.15) is 19.2 Å². The van der Waals surface area contributed by atoms with Crippen LogP contribution in [0.4, 0.5) is 4.79 Å². The quantitative estimate of drug-likeness (QED) is 0.756. The van der Waals surface area contributed by atoms with Gasteiger partial charge in [-0.15, -0.1) is 0 Å². The third-order valence-corrected chi connectivity index (χ3v) is 4.56. The molecule has 0 saturated carbocycles. The molecule has 8 nitrogen and oxygen atoms in total. The Kier molecular flexibility index (Phi) is 6.52. The first-order valence-electron chi connectivity index (χ1n) is 9.01. The molecule has 1 aliphatic heterocycles. The Bertz CT molecular complexity index is 802. The normalized spacial score (nSPS) is 15.1. The summed E-state index contributed by atoms with van der Waals surface area (Å²) in [5.74, 6) is 0.335. The van der Waals surface area contributed by atoms with Crippen LogP contribution in [0.2, 0.25) is 5.02 Å². The number of hydrogen-bond acceptors (Lipinski definition) is 6. The summed E-state index contributed by atoms with van der Waals surface area (Å²) in [6.45, 7) is 5.64. The average molecular weight is 395 g/mol. The SMILES string of the molecule is CCOC(=O)CCNC(=O)N1CCN(Cc2nc3cc(Cl)ccc3o2)CC1. The zero-order valence-electron chi connectivity index (χ0n) is 15.2. The highest BCUT2D eigenvalue weighted by atomic mass is 35.5. The Balaban J connectivity index is 1.42. The van der Waals surface area contributed by atoms with E-state index >= 15 is 0 Å². The number of hydrogen-bond donors (Lipinski definition) is 1. The summed E-state index contributed by atoms with van der Waals surface area (Å²) in [6.07, 6.45) is 0.182. The number of benzene rings is 1. The van der Waals surface area contributed by atoms with Crippen LogP contribution < -0.4 is 5.32 Å². The Labute approximate surface area is 162 Å². The van der Waals surface area contributed by atoms with E-state index < -0.39 is 0 Å². The number of esters is 1. The summed E-state index contributed by atoms with van der Waals surface area (Å²) in [4.78, 5) is 31.8. The van der Waals surface area contributed by atoms with E-state index in [1.807, 2.05) is 6.07 Å². The first-order valence-corrected chi connectivity index (χ1v) is 9.38. The summed E-state index contributed by atoms with van der Waals surface area (Å²) in [5.41, 5.74) is 1.46. The van der Waals surface area contributed by atoms with E-state index in [2.05, 4.69) is 15.2 Å². The van der Waals surface area contributed by atoms with E-state index in [9.17, 15) is 9.59 Å². The van der Waals surface area contributed by atoms with Crippen molar-refractivity contribution in [3.63, 3.8) is 0 Å². The van der Waals surface area contributed by atoms with Crippen molar-refractivity contribution in [2.75, 3.05) is 39.3 Å². The number of oxazole rings is 1. The summed E-state index contributed by atoms with van der Waals surface area (Å²) in [6, 6.07) is 5.21. The Morgan fingerprint density at radius 3 is 2.81 bits per heavy atom. The van der Waals surface area contributed by atoms with E-state index in [0.29, 0.717) is 42.7 Å². The molecule has 2 heterocycles. The van der Waals surface area contributed by atoms with Crippen LogP contribution in [-0.4, -0.2) is 66.1 Å². The van der Waals surface area contributed by atoms with Crippen LogP contribution >= 0.6 is 11.6 Å². The van der Waals surface area contributed by atoms with Gasteiger partial charge in [-0.25, -0.2) is 9.78 Å². The summed E-state index contributed by atoms with van der Waals surface area (Å²) in [5, 5.41) is 3.38. The van der Waals surface area contributed by atoms with E-state index in [0.717, 1.165) is 18.6 Å². The standard InChI is InChI=1S/C18H23ClN4O4/c1-2-26-17(24)5-6-20-18(25)23-9-7-22(8-10-23)12-16-21-14-11-13(19)3-4-15(14)27-16/h3-4,11H,2,5-10,12H2,1H3,(H,20,25). The van der Waals surface area contributed by atoms with E-state index in [-0.39, 0.29) is 25.0 Å². The van der Waals surface area contributed by atoms with Crippen molar-refractivity contribution in [3.05, 3.63) is 29.1 Å². The summed E-state index contributed by atoms with van der Waals surface area (Å²) < 4.78 is 10.6. The van der Waals surface area contributed by atoms with Gasteiger partial charge in [-0.1, -0.05) is 11.6 Å². The number of amides is 2. The van der Waals surface area contributed by atoms with Gasteiger partial charge in [0.15, 0.2) is 5.58 Å². The van der Waals surface area contributed by atoms with Gasteiger partial charge in [0.1, 0.15) is 5.52 Å². The number of nitrogens with one attached hydrogen (secondary N) is 1. The number of rotatable bonds is 6. The maximum atomic E-state index is 12.2. The van der Waals surface area contributed by atoms with E-state index in [1.54, 1.807) is 24.0 Å². The number of ether oxygens (including phenoxy) is 1. The topological polar surface area (TPSA) is 87.9 Å². The molecule has 1 aliphatic rings. The smallest absolute Gasteiger partial charge is 0.317 e. The fourth-order valence-electron chi connectivity index (χ4n) is 2.93. The van der Waals surface area contributed by atoms with Gasteiger partial charge in [0, 0.05) is 37.7 Å². The zero-order chi connectivity index (χ0) is 19.2. The number of carbonyl (C=O) groups is 2. The number of halogens is 1. The lowest BCUT2D eigenvalue weighted by Gasteiger charge is -2.33. The second kappa shape index (κ2) is 9.05. The molecule has 2 amide bonds. The molecule has 0 spiro atoms. The van der Waals surface area contributed by atoms with Crippen LogP contribution in [0.25, 0.3) is 11.1 Å². The summed E-state index contributed by atoms with van der Waals surface area (Å²) in [7, 11) is 0. The van der Waals surface area contributed by atoms with E-state index in [1.165, 1.54) is 0 Å². The maximum absolute atomic E-state index is 12.2. The molecular weight excluding hydrogens is 372 g/mol. The molecule has 0 radical (unpaired) electrons. The minimum atomic E-state index is -0.303. The number of piperazine rings is 1. The van der Waals surface area contributed by atoms with E-state index in [4.69, 9.17) is 20.8 Å². The Morgan fingerprint density at radius 1 is 1.30 bits per heavy atom. The molecule has 9 heteroatoms. The van der Waals surface area contributed by atoms with Crippen molar-refractivity contribution in [3.8, 4) is 0 Å². The lowest BCUT2D eigenvalue weighted by atomic mass is 10.3. The lowest BCUT2D eigenvalue weighted by Crippen LogP contribution is -2.51. The number of nitrogens with zero attached hydrogens (tertiary/aromatic N) is 3. The van der Waals surface area contributed by atoms with Crippen molar-refractivity contribution in [1.82, 2.24) is 20.1 Å².